The molecule has 0 unspecified atom stereocenters. The van der Waals surface area contributed by atoms with Crippen LogP contribution in [0.2, 0.25) is 0 Å². The second-order valence-corrected chi connectivity index (χ2v) is 5.23. The van der Waals surface area contributed by atoms with E-state index < -0.39 is 0 Å². The third-order valence-corrected chi connectivity index (χ3v) is 3.67. The summed E-state index contributed by atoms with van der Waals surface area (Å²) >= 11 is 0. The van der Waals surface area contributed by atoms with Gasteiger partial charge in [0.25, 0.3) is 0 Å². The predicted octanol–water partition coefficient (Wildman–Crippen LogP) is 5.62. The van der Waals surface area contributed by atoms with Crippen LogP contribution in [-0.4, -0.2) is 7.05 Å². The van der Waals surface area contributed by atoms with Crippen molar-refractivity contribution in [1.29, 1.82) is 0 Å². The number of rotatable bonds is 4. The summed E-state index contributed by atoms with van der Waals surface area (Å²) in [6.45, 7) is 0. The minimum atomic E-state index is 1.18. The Morgan fingerprint density at radius 1 is 0.591 bits per heavy atom. The highest BCUT2D eigenvalue weighted by atomic mass is 15.1. The van der Waals surface area contributed by atoms with Crippen LogP contribution in [0.5, 0.6) is 0 Å². The first-order valence-electron chi connectivity index (χ1n) is 7.45. The fraction of sp³-hybridized carbons (Fsp3) is 0.0476. The van der Waals surface area contributed by atoms with E-state index in [4.69, 9.17) is 0 Å². The molecule has 1 nitrogen and oxygen atoms in total. The molecule has 0 aromatic heterocycles. The molecule has 0 bridgehead atoms. The smallest absolute Gasteiger partial charge is 0.0414 e. The van der Waals surface area contributed by atoms with E-state index in [0.717, 1.165) is 0 Å². The molecule has 0 amide bonds. The average Bonchev–Trinajstić information content (AvgIpc) is 2.61. The van der Waals surface area contributed by atoms with E-state index in [9.17, 15) is 0 Å². The quantitative estimate of drug-likeness (QED) is 0.562. The van der Waals surface area contributed by atoms with Crippen molar-refractivity contribution >= 4 is 23.5 Å². The number of hydrogen-bond donors (Lipinski definition) is 0. The van der Waals surface area contributed by atoms with Gasteiger partial charge in [-0.25, -0.2) is 0 Å². The lowest BCUT2D eigenvalue weighted by Crippen LogP contribution is -2.08. The Bertz CT molecular complexity index is 745. The molecule has 3 aromatic carbocycles. The number of anilines is 2. The Labute approximate surface area is 132 Å². The molecule has 22 heavy (non-hydrogen) atoms. The molecule has 0 aliphatic carbocycles. The first-order chi connectivity index (χ1) is 10.8. The van der Waals surface area contributed by atoms with E-state index in [1.165, 1.54) is 22.5 Å². The zero-order valence-electron chi connectivity index (χ0n) is 12.7. The number of benzene rings is 3. The standard InChI is InChI=1S/C21H19N/c1-22(20-12-6-3-7-13-20)21-14-8-11-19(17-21)16-15-18-9-4-2-5-10-18/h2-17H,1H3/b16-15+. The van der Waals surface area contributed by atoms with E-state index >= 15 is 0 Å². The molecule has 1 heteroatoms. The van der Waals surface area contributed by atoms with Gasteiger partial charge in [0.1, 0.15) is 0 Å². The van der Waals surface area contributed by atoms with Crippen LogP contribution in [0.15, 0.2) is 84.9 Å². The van der Waals surface area contributed by atoms with Crippen molar-refractivity contribution in [3.05, 3.63) is 96.1 Å². The molecule has 0 spiro atoms. The highest BCUT2D eigenvalue weighted by Gasteiger charge is 2.02. The molecule has 0 aliphatic heterocycles. The van der Waals surface area contributed by atoms with Gasteiger partial charge >= 0.3 is 0 Å². The van der Waals surface area contributed by atoms with E-state index in [1.807, 2.05) is 12.1 Å². The molecule has 108 valence electrons. The third-order valence-electron chi connectivity index (χ3n) is 3.67. The van der Waals surface area contributed by atoms with Gasteiger partial charge in [-0.05, 0) is 35.4 Å². The summed E-state index contributed by atoms with van der Waals surface area (Å²) in [5.74, 6) is 0. The van der Waals surface area contributed by atoms with Gasteiger partial charge in [-0.2, -0.15) is 0 Å². The molecule has 0 N–H and O–H groups in total. The summed E-state index contributed by atoms with van der Waals surface area (Å²) in [6, 6.07) is 29.3. The molecule has 0 atom stereocenters. The lowest BCUT2D eigenvalue weighted by atomic mass is 10.1. The van der Waals surface area contributed by atoms with Gasteiger partial charge in [0.15, 0.2) is 0 Å². The zero-order valence-corrected chi connectivity index (χ0v) is 12.7. The van der Waals surface area contributed by atoms with E-state index in [1.54, 1.807) is 0 Å². The summed E-state index contributed by atoms with van der Waals surface area (Å²) in [6.07, 6.45) is 4.29. The monoisotopic (exact) mass is 285 g/mol. The van der Waals surface area contributed by atoms with Gasteiger partial charge < -0.3 is 4.90 Å². The summed E-state index contributed by atoms with van der Waals surface area (Å²) in [5, 5.41) is 0. The maximum absolute atomic E-state index is 2.20. The van der Waals surface area contributed by atoms with Gasteiger partial charge in [0.2, 0.25) is 0 Å². The van der Waals surface area contributed by atoms with Crippen LogP contribution in [0.1, 0.15) is 11.1 Å². The van der Waals surface area contributed by atoms with Crippen LogP contribution < -0.4 is 4.90 Å². The number of hydrogen-bond acceptors (Lipinski definition) is 1. The summed E-state index contributed by atoms with van der Waals surface area (Å²) in [4.78, 5) is 2.19. The minimum Gasteiger partial charge on any atom is -0.345 e. The Hall–Kier alpha value is -2.80. The predicted molar refractivity (Wildman–Crippen MR) is 96.3 cm³/mol. The third kappa shape index (κ3) is 3.44. The molecule has 0 radical (unpaired) electrons. The van der Waals surface area contributed by atoms with E-state index in [2.05, 4.69) is 96.9 Å². The fourth-order valence-corrected chi connectivity index (χ4v) is 2.39. The van der Waals surface area contributed by atoms with E-state index in [0.29, 0.717) is 0 Å². The van der Waals surface area contributed by atoms with Crippen molar-refractivity contribution in [2.75, 3.05) is 11.9 Å². The summed E-state index contributed by atoms with van der Waals surface area (Å²) in [7, 11) is 2.09. The Morgan fingerprint density at radius 2 is 1.14 bits per heavy atom. The summed E-state index contributed by atoms with van der Waals surface area (Å²) in [5.41, 5.74) is 4.78. The molecule has 0 fully saturated rings. The van der Waals surface area contributed by atoms with Gasteiger partial charge in [-0.1, -0.05) is 72.8 Å². The van der Waals surface area contributed by atoms with Crippen molar-refractivity contribution in [3.63, 3.8) is 0 Å². The van der Waals surface area contributed by atoms with Crippen molar-refractivity contribution < 1.29 is 0 Å². The van der Waals surface area contributed by atoms with Crippen molar-refractivity contribution in [3.8, 4) is 0 Å². The highest BCUT2D eigenvalue weighted by Crippen LogP contribution is 2.24. The molecular weight excluding hydrogens is 266 g/mol. The van der Waals surface area contributed by atoms with Gasteiger partial charge in [-0.3, -0.25) is 0 Å². The van der Waals surface area contributed by atoms with Crippen molar-refractivity contribution in [1.82, 2.24) is 0 Å². The fourth-order valence-electron chi connectivity index (χ4n) is 2.39. The molecule has 0 aliphatic rings. The summed E-state index contributed by atoms with van der Waals surface area (Å²) < 4.78 is 0. The molecular formula is C21H19N. The second kappa shape index (κ2) is 6.77. The van der Waals surface area contributed by atoms with Gasteiger partial charge in [0, 0.05) is 18.4 Å². The zero-order chi connectivity index (χ0) is 15.2. The molecule has 3 rings (SSSR count). The van der Waals surface area contributed by atoms with Gasteiger partial charge in [0.05, 0.1) is 0 Å². The number of para-hydroxylation sites is 1. The topological polar surface area (TPSA) is 3.24 Å². The second-order valence-electron chi connectivity index (χ2n) is 5.23. The lowest BCUT2D eigenvalue weighted by Gasteiger charge is -2.19. The highest BCUT2D eigenvalue weighted by molar-refractivity contribution is 5.73. The first kappa shape index (κ1) is 14.2. The molecule has 0 saturated carbocycles. The van der Waals surface area contributed by atoms with Crippen LogP contribution in [0.4, 0.5) is 11.4 Å². The molecule has 0 heterocycles. The maximum atomic E-state index is 2.20. The van der Waals surface area contributed by atoms with Crippen LogP contribution in [0, 0.1) is 0 Å². The van der Waals surface area contributed by atoms with Crippen molar-refractivity contribution in [2.45, 2.75) is 0 Å². The van der Waals surface area contributed by atoms with Gasteiger partial charge in [-0.15, -0.1) is 0 Å². The number of nitrogens with zero attached hydrogens (tertiary/aromatic N) is 1. The molecule has 3 aromatic rings. The largest absolute Gasteiger partial charge is 0.345 e. The van der Waals surface area contributed by atoms with Crippen molar-refractivity contribution in [2.24, 2.45) is 0 Å². The average molecular weight is 285 g/mol. The van der Waals surface area contributed by atoms with Crippen LogP contribution in [-0.2, 0) is 0 Å². The SMILES string of the molecule is CN(c1ccccc1)c1cccc(/C=C/c2ccccc2)c1. The lowest BCUT2D eigenvalue weighted by molar-refractivity contribution is 1.21. The normalized spacial score (nSPS) is 10.8. The minimum absolute atomic E-state index is 1.18. The molecule has 0 saturated heterocycles. The van der Waals surface area contributed by atoms with Crippen LogP contribution in [0.3, 0.4) is 0 Å². The Morgan fingerprint density at radius 3 is 1.86 bits per heavy atom. The Balaban J connectivity index is 1.82. The van der Waals surface area contributed by atoms with Crippen LogP contribution >= 0.6 is 0 Å². The Kier molecular flexibility index (Phi) is 4.35. The first-order valence-corrected chi connectivity index (χ1v) is 7.45. The van der Waals surface area contributed by atoms with E-state index in [-0.39, 0.29) is 0 Å². The maximum Gasteiger partial charge on any atom is 0.0414 e. The van der Waals surface area contributed by atoms with Crippen LogP contribution in [0.25, 0.3) is 12.2 Å².